The summed E-state index contributed by atoms with van der Waals surface area (Å²) >= 11 is 0. The molecular formula is C18H37IN4O2S. The molecule has 0 aromatic heterocycles. The van der Waals surface area contributed by atoms with Crippen LogP contribution in [0.3, 0.4) is 0 Å². The summed E-state index contributed by atoms with van der Waals surface area (Å²) in [6.07, 6.45) is 8.36. The van der Waals surface area contributed by atoms with Crippen LogP contribution in [0.4, 0.5) is 0 Å². The van der Waals surface area contributed by atoms with Gasteiger partial charge in [-0.05, 0) is 44.4 Å². The van der Waals surface area contributed by atoms with Crippen molar-refractivity contribution in [3.63, 3.8) is 0 Å². The van der Waals surface area contributed by atoms with Gasteiger partial charge in [0.25, 0.3) is 0 Å². The Balaban J connectivity index is 0.00000338. The number of nitrogens with one attached hydrogen (secondary N) is 2. The van der Waals surface area contributed by atoms with E-state index in [1.165, 1.54) is 32.1 Å². The molecule has 2 N–H and O–H groups in total. The summed E-state index contributed by atoms with van der Waals surface area (Å²) in [5.41, 5.74) is 0. The average molecular weight is 500 g/mol. The fourth-order valence-electron chi connectivity index (χ4n) is 4.07. The molecule has 1 saturated heterocycles. The zero-order valence-electron chi connectivity index (χ0n) is 16.5. The number of halogens is 1. The highest BCUT2D eigenvalue weighted by Crippen LogP contribution is 2.30. The van der Waals surface area contributed by atoms with E-state index in [1.807, 2.05) is 0 Å². The topological polar surface area (TPSA) is 73.8 Å². The molecule has 8 heteroatoms. The van der Waals surface area contributed by atoms with Crippen LogP contribution in [0.1, 0.15) is 58.8 Å². The Kier molecular flexibility index (Phi) is 10.8. The Bertz CT molecular complexity index is 533. The molecular weight excluding hydrogens is 463 g/mol. The van der Waals surface area contributed by atoms with Crippen molar-refractivity contribution in [3.05, 3.63) is 0 Å². The van der Waals surface area contributed by atoms with Crippen LogP contribution in [-0.2, 0) is 10.0 Å². The Hall–Kier alpha value is -0.0900. The molecule has 2 fully saturated rings. The summed E-state index contributed by atoms with van der Waals surface area (Å²) in [5, 5.41) is 6.90. The van der Waals surface area contributed by atoms with Gasteiger partial charge < -0.3 is 10.6 Å². The van der Waals surface area contributed by atoms with Crippen molar-refractivity contribution in [2.24, 2.45) is 16.8 Å². The molecule has 0 aromatic carbocycles. The maximum atomic E-state index is 11.9. The van der Waals surface area contributed by atoms with Crippen molar-refractivity contribution in [1.82, 2.24) is 14.9 Å². The largest absolute Gasteiger partial charge is 0.356 e. The van der Waals surface area contributed by atoms with Crippen molar-refractivity contribution in [1.29, 1.82) is 0 Å². The number of aliphatic imine (C=N–C) groups is 1. The number of nitrogens with zero attached hydrogens (tertiary/aromatic N) is 2. The van der Waals surface area contributed by atoms with Gasteiger partial charge in [0, 0.05) is 32.7 Å². The van der Waals surface area contributed by atoms with E-state index in [1.54, 1.807) is 18.3 Å². The summed E-state index contributed by atoms with van der Waals surface area (Å²) < 4.78 is 25.5. The first-order valence-electron chi connectivity index (χ1n) is 9.89. The van der Waals surface area contributed by atoms with Gasteiger partial charge in [0.15, 0.2) is 5.96 Å². The molecule has 0 amide bonds. The van der Waals surface area contributed by atoms with Crippen LogP contribution in [0.5, 0.6) is 0 Å². The van der Waals surface area contributed by atoms with E-state index in [0.29, 0.717) is 19.1 Å². The van der Waals surface area contributed by atoms with Gasteiger partial charge in [0.1, 0.15) is 0 Å². The SMILES string of the molecule is CCS(=O)(=O)N1CCC(NC(=NC)NCCC2CCCC(C)C2)CC1.I. The third-order valence-electron chi connectivity index (χ3n) is 5.67. The summed E-state index contributed by atoms with van der Waals surface area (Å²) in [7, 11) is -1.25. The smallest absolute Gasteiger partial charge is 0.213 e. The predicted octanol–water partition coefficient (Wildman–Crippen LogP) is 2.80. The quantitative estimate of drug-likeness (QED) is 0.334. The molecule has 0 aromatic rings. The summed E-state index contributed by atoms with van der Waals surface area (Å²) in [6.45, 7) is 6.24. The summed E-state index contributed by atoms with van der Waals surface area (Å²) in [4.78, 5) is 4.33. The molecule has 0 radical (unpaired) electrons. The average Bonchev–Trinajstić information content (AvgIpc) is 2.61. The fourth-order valence-corrected chi connectivity index (χ4v) is 5.20. The van der Waals surface area contributed by atoms with Gasteiger partial charge in [-0.2, -0.15) is 0 Å². The third-order valence-corrected chi connectivity index (χ3v) is 7.55. The van der Waals surface area contributed by atoms with Crippen molar-refractivity contribution < 1.29 is 8.42 Å². The Labute approximate surface area is 177 Å². The second kappa shape index (κ2) is 11.7. The summed E-state index contributed by atoms with van der Waals surface area (Å²) in [6, 6.07) is 0.296. The Morgan fingerprint density at radius 3 is 2.46 bits per heavy atom. The van der Waals surface area contributed by atoms with Gasteiger partial charge in [-0.1, -0.05) is 26.2 Å². The second-order valence-electron chi connectivity index (χ2n) is 7.64. The lowest BCUT2D eigenvalue weighted by atomic mass is 9.81. The highest BCUT2D eigenvalue weighted by Gasteiger charge is 2.27. The highest BCUT2D eigenvalue weighted by molar-refractivity contribution is 14.0. The monoisotopic (exact) mass is 500 g/mol. The molecule has 1 aliphatic carbocycles. The minimum Gasteiger partial charge on any atom is -0.356 e. The maximum absolute atomic E-state index is 11.9. The molecule has 0 spiro atoms. The number of hydrogen-bond acceptors (Lipinski definition) is 3. The van der Waals surface area contributed by atoms with Gasteiger partial charge in [-0.3, -0.25) is 4.99 Å². The lowest BCUT2D eigenvalue weighted by Crippen LogP contribution is -2.50. The van der Waals surface area contributed by atoms with Gasteiger partial charge in [-0.25, -0.2) is 12.7 Å². The zero-order chi connectivity index (χ0) is 18.3. The number of rotatable bonds is 6. The molecule has 1 aliphatic heterocycles. The predicted molar refractivity (Wildman–Crippen MR) is 120 cm³/mol. The van der Waals surface area contributed by atoms with Gasteiger partial charge in [-0.15, -0.1) is 24.0 Å². The van der Waals surface area contributed by atoms with Crippen molar-refractivity contribution >= 4 is 40.0 Å². The molecule has 2 aliphatic rings. The molecule has 2 rings (SSSR count). The van der Waals surface area contributed by atoms with Crippen LogP contribution in [0.15, 0.2) is 4.99 Å². The molecule has 154 valence electrons. The van der Waals surface area contributed by atoms with Crippen LogP contribution in [0.25, 0.3) is 0 Å². The van der Waals surface area contributed by atoms with E-state index in [2.05, 4.69) is 22.5 Å². The minimum atomic E-state index is -3.05. The first-order valence-corrected chi connectivity index (χ1v) is 11.5. The van der Waals surface area contributed by atoms with Crippen molar-refractivity contribution in [2.45, 2.75) is 64.8 Å². The first-order chi connectivity index (χ1) is 11.9. The molecule has 1 saturated carbocycles. The number of piperidine rings is 1. The molecule has 0 bridgehead atoms. The molecule has 26 heavy (non-hydrogen) atoms. The van der Waals surface area contributed by atoms with E-state index in [4.69, 9.17) is 0 Å². The zero-order valence-corrected chi connectivity index (χ0v) is 19.7. The molecule has 6 nitrogen and oxygen atoms in total. The van der Waals surface area contributed by atoms with Crippen molar-refractivity contribution in [2.75, 3.05) is 32.4 Å². The minimum absolute atomic E-state index is 0. The maximum Gasteiger partial charge on any atom is 0.213 e. The van der Waals surface area contributed by atoms with E-state index in [0.717, 1.165) is 37.2 Å². The van der Waals surface area contributed by atoms with Gasteiger partial charge >= 0.3 is 0 Å². The lowest BCUT2D eigenvalue weighted by Gasteiger charge is -2.32. The Morgan fingerprint density at radius 2 is 1.88 bits per heavy atom. The number of guanidine groups is 1. The molecule has 2 atom stereocenters. The first kappa shape index (κ1) is 23.9. The normalized spacial score (nSPS) is 26.2. The number of sulfonamides is 1. The highest BCUT2D eigenvalue weighted by atomic mass is 127. The van der Waals surface area contributed by atoms with Gasteiger partial charge in [0.05, 0.1) is 5.75 Å². The molecule has 2 unspecified atom stereocenters. The van der Waals surface area contributed by atoms with E-state index < -0.39 is 10.0 Å². The van der Waals surface area contributed by atoms with E-state index in [9.17, 15) is 8.42 Å². The molecule has 1 heterocycles. The van der Waals surface area contributed by atoms with Crippen LogP contribution in [0, 0.1) is 11.8 Å². The lowest BCUT2D eigenvalue weighted by molar-refractivity contribution is 0.270. The van der Waals surface area contributed by atoms with Crippen LogP contribution < -0.4 is 10.6 Å². The van der Waals surface area contributed by atoms with Crippen LogP contribution in [0.2, 0.25) is 0 Å². The van der Waals surface area contributed by atoms with Gasteiger partial charge in [0.2, 0.25) is 10.0 Å². The van der Waals surface area contributed by atoms with E-state index >= 15 is 0 Å². The van der Waals surface area contributed by atoms with Crippen LogP contribution >= 0.6 is 24.0 Å². The van der Waals surface area contributed by atoms with Crippen molar-refractivity contribution in [3.8, 4) is 0 Å². The summed E-state index contributed by atoms with van der Waals surface area (Å²) in [5.74, 6) is 2.76. The standard InChI is InChI=1S/C18H36N4O2S.HI/c1-4-25(23,24)22-12-9-17(10-13-22)21-18(19-3)20-11-8-16-7-5-6-15(2)14-16;/h15-17H,4-14H2,1-3H3,(H2,19,20,21);1H. The third kappa shape index (κ3) is 7.50. The van der Waals surface area contributed by atoms with Crippen LogP contribution in [-0.4, -0.2) is 57.2 Å². The van der Waals surface area contributed by atoms with E-state index in [-0.39, 0.29) is 29.7 Å². The fraction of sp³-hybridized carbons (Fsp3) is 0.944. The Morgan fingerprint density at radius 1 is 1.19 bits per heavy atom. The number of hydrogen-bond donors (Lipinski definition) is 2. The second-order valence-corrected chi connectivity index (χ2v) is 9.90.